The monoisotopic (exact) mass is 367 g/mol. The number of carbonyl (C=O) groups is 2. The van der Waals surface area contributed by atoms with Gasteiger partial charge in [0.05, 0.1) is 12.5 Å². The van der Waals surface area contributed by atoms with Gasteiger partial charge in [-0.2, -0.15) is 5.10 Å². The SMILES string of the molecule is COc1ccc(NC(=O)[C@H](C)n2nc(C(=O)O)c3ccccc3c2=O)cc1. The van der Waals surface area contributed by atoms with Crippen molar-refractivity contribution in [1.82, 2.24) is 9.78 Å². The number of benzene rings is 2. The highest BCUT2D eigenvalue weighted by atomic mass is 16.5. The number of nitrogens with zero attached hydrogens (tertiary/aromatic N) is 2. The molecule has 1 heterocycles. The summed E-state index contributed by atoms with van der Waals surface area (Å²) in [6.45, 7) is 1.48. The van der Waals surface area contributed by atoms with Crippen molar-refractivity contribution in [2.24, 2.45) is 0 Å². The quantitative estimate of drug-likeness (QED) is 0.716. The Labute approximate surface area is 154 Å². The number of aromatic carboxylic acids is 1. The molecule has 2 aromatic carbocycles. The number of hydrogen-bond acceptors (Lipinski definition) is 5. The number of carbonyl (C=O) groups excluding carboxylic acids is 1. The molecule has 0 spiro atoms. The van der Waals surface area contributed by atoms with Crippen molar-refractivity contribution in [1.29, 1.82) is 0 Å². The van der Waals surface area contributed by atoms with Crippen molar-refractivity contribution in [3.63, 3.8) is 0 Å². The van der Waals surface area contributed by atoms with E-state index < -0.39 is 23.5 Å². The number of hydrogen-bond donors (Lipinski definition) is 2. The number of ether oxygens (including phenoxy) is 1. The van der Waals surface area contributed by atoms with Crippen molar-refractivity contribution >= 4 is 28.3 Å². The molecule has 0 radical (unpaired) electrons. The van der Waals surface area contributed by atoms with Crippen LogP contribution in [0.25, 0.3) is 10.8 Å². The van der Waals surface area contributed by atoms with Gasteiger partial charge in [-0.05, 0) is 37.3 Å². The van der Waals surface area contributed by atoms with Gasteiger partial charge in [0.2, 0.25) is 5.91 Å². The molecule has 0 saturated heterocycles. The Morgan fingerprint density at radius 1 is 1.11 bits per heavy atom. The first kappa shape index (κ1) is 18.1. The van der Waals surface area contributed by atoms with Gasteiger partial charge < -0.3 is 15.2 Å². The van der Waals surface area contributed by atoms with Crippen molar-refractivity contribution < 1.29 is 19.4 Å². The highest BCUT2D eigenvalue weighted by Crippen LogP contribution is 2.18. The van der Waals surface area contributed by atoms with Crippen LogP contribution in [0.1, 0.15) is 23.5 Å². The Bertz CT molecular complexity index is 1070. The van der Waals surface area contributed by atoms with Gasteiger partial charge >= 0.3 is 5.97 Å². The van der Waals surface area contributed by atoms with Crippen LogP contribution in [0, 0.1) is 0 Å². The topological polar surface area (TPSA) is 111 Å². The van der Waals surface area contributed by atoms with Gasteiger partial charge in [-0.3, -0.25) is 9.59 Å². The Morgan fingerprint density at radius 3 is 2.33 bits per heavy atom. The van der Waals surface area contributed by atoms with Crippen LogP contribution in [0.15, 0.2) is 53.3 Å². The second kappa shape index (κ2) is 7.28. The van der Waals surface area contributed by atoms with E-state index in [-0.39, 0.29) is 16.5 Å². The molecule has 3 aromatic rings. The van der Waals surface area contributed by atoms with Gasteiger partial charge in [0.1, 0.15) is 11.8 Å². The third-order valence-electron chi connectivity index (χ3n) is 4.13. The van der Waals surface area contributed by atoms with Crippen LogP contribution in [-0.4, -0.2) is 33.9 Å². The molecular weight excluding hydrogens is 350 g/mol. The number of aromatic nitrogens is 2. The van der Waals surface area contributed by atoms with Crippen LogP contribution in [0.3, 0.4) is 0 Å². The van der Waals surface area contributed by atoms with Gasteiger partial charge in [0.15, 0.2) is 5.69 Å². The van der Waals surface area contributed by atoms with E-state index in [0.717, 1.165) is 4.68 Å². The lowest BCUT2D eigenvalue weighted by Crippen LogP contribution is -2.34. The molecule has 0 bridgehead atoms. The van der Waals surface area contributed by atoms with Gasteiger partial charge in [0, 0.05) is 11.1 Å². The lowest BCUT2D eigenvalue weighted by molar-refractivity contribution is -0.119. The maximum Gasteiger partial charge on any atom is 0.357 e. The van der Waals surface area contributed by atoms with Crippen LogP contribution in [0.2, 0.25) is 0 Å². The second-order valence-corrected chi connectivity index (χ2v) is 5.84. The summed E-state index contributed by atoms with van der Waals surface area (Å²) in [5.41, 5.74) is -0.303. The second-order valence-electron chi connectivity index (χ2n) is 5.84. The predicted octanol–water partition coefficient (Wildman–Crippen LogP) is 2.30. The molecule has 8 nitrogen and oxygen atoms in total. The Hall–Kier alpha value is -3.68. The number of methoxy groups -OCH3 is 1. The van der Waals surface area contributed by atoms with E-state index in [4.69, 9.17) is 4.74 Å². The molecule has 1 aromatic heterocycles. The van der Waals surface area contributed by atoms with Gasteiger partial charge in [-0.1, -0.05) is 18.2 Å². The molecule has 138 valence electrons. The van der Waals surface area contributed by atoms with E-state index in [9.17, 15) is 19.5 Å². The summed E-state index contributed by atoms with van der Waals surface area (Å²) in [6, 6.07) is 11.9. The average Bonchev–Trinajstić information content (AvgIpc) is 2.68. The molecule has 1 amide bonds. The summed E-state index contributed by atoms with van der Waals surface area (Å²) in [6.07, 6.45) is 0. The van der Waals surface area contributed by atoms with Crippen molar-refractivity contribution in [3.8, 4) is 5.75 Å². The first-order valence-electron chi connectivity index (χ1n) is 8.12. The number of carboxylic acid groups (broad SMARTS) is 1. The van der Waals surface area contributed by atoms with E-state index in [2.05, 4.69) is 10.4 Å². The third-order valence-corrected chi connectivity index (χ3v) is 4.13. The number of carboxylic acids is 1. The predicted molar refractivity (Wildman–Crippen MR) is 99.3 cm³/mol. The fourth-order valence-electron chi connectivity index (χ4n) is 2.66. The molecule has 0 fully saturated rings. The molecule has 0 aliphatic heterocycles. The van der Waals surface area contributed by atoms with Crippen molar-refractivity contribution in [2.45, 2.75) is 13.0 Å². The number of fused-ring (bicyclic) bond motifs is 1. The molecule has 27 heavy (non-hydrogen) atoms. The zero-order valence-electron chi connectivity index (χ0n) is 14.7. The average molecular weight is 367 g/mol. The molecular formula is C19H17N3O5. The number of anilines is 1. The molecule has 2 N–H and O–H groups in total. The van der Waals surface area contributed by atoms with Crippen molar-refractivity contribution in [3.05, 3.63) is 64.6 Å². The van der Waals surface area contributed by atoms with Crippen LogP contribution < -0.4 is 15.6 Å². The molecule has 3 rings (SSSR count). The number of amides is 1. The summed E-state index contributed by atoms with van der Waals surface area (Å²) in [7, 11) is 1.54. The van der Waals surface area contributed by atoms with Gasteiger partial charge in [-0.15, -0.1) is 0 Å². The van der Waals surface area contributed by atoms with E-state index in [1.54, 1.807) is 36.4 Å². The van der Waals surface area contributed by atoms with E-state index in [0.29, 0.717) is 11.4 Å². The highest BCUT2D eigenvalue weighted by molar-refractivity contribution is 6.01. The highest BCUT2D eigenvalue weighted by Gasteiger charge is 2.22. The lowest BCUT2D eigenvalue weighted by Gasteiger charge is -2.16. The maximum absolute atomic E-state index is 12.7. The standard InChI is InChI=1S/C19H17N3O5/c1-11(17(23)20-12-7-9-13(27-2)10-8-12)22-18(24)15-6-4-3-5-14(15)16(21-22)19(25)26/h3-11H,1-2H3,(H,20,23)(H,25,26)/t11-/m0/s1. The number of nitrogens with one attached hydrogen (secondary N) is 1. The first-order chi connectivity index (χ1) is 12.9. The van der Waals surface area contributed by atoms with E-state index in [1.807, 2.05) is 0 Å². The van der Waals surface area contributed by atoms with E-state index >= 15 is 0 Å². The largest absolute Gasteiger partial charge is 0.497 e. The van der Waals surface area contributed by atoms with Crippen LogP contribution >= 0.6 is 0 Å². The molecule has 0 aliphatic rings. The summed E-state index contributed by atoms with van der Waals surface area (Å²) in [4.78, 5) is 36.8. The first-order valence-corrected chi connectivity index (χ1v) is 8.12. The molecule has 0 saturated carbocycles. The smallest absolute Gasteiger partial charge is 0.357 e. The molecule has 0 unspecified atom stereocenters. The molecule has 1 atom stereocenters. The van der Waals surface area contributed by atoms with Gasteiger partial charge in [0.25, 0.3) is 5.56 Å². The fraction of sp³-hybridized carbons (Fsp3) is 0.158. The van der Waals surface area contributed by atoms with Crippen LogP contribution in [0.5, 0.6) is 5.75 Å². The number of rotatable bonds is 5. The zero-order valence-corrected chi connectivity index (χ0v) is 14.7. The molecule has 8 heteroatoms. The minimum Gasteiger partial charge on any atom is -0.497 e. The van der Waals surface area contributed by atoms with Crippen LogP contribution in [0.4, 0.5) is 5.69 Å². The summed E-state index contributed by atoms with van der Waals surface area (Å²) in [5.74, 6) is -1.14. The summed E-state index contributed by atoms with van der Waals surface area (Å²) >= 11 is 0. The minimum atomic E-state index is -1.28. The zero-order chi connectivity index (χ0) is 19.6. The minimum absolute atomic E-state index is 0.189. The summed E-state index contributed by atoms with van der Waals surface area (Å²) in [5, 5.41) is 16.4. The Morgan fingerprint density at radius 2 is 1.74 bits per heavy atom. The lowest BCUT2D eigenvalue weighted by atomic mass is 10.1. The Balaban J connectivity index is 1.98. The summed E-state index contributed by atoms with van der Waals surface area (Å²) < 4.78 is 5.95. The van der Waals surface area contributed by atoms with Gasteiger partial charge in [-0.25, -0.2) is 9.48 Å². The van der Waals surface area contributed by atoms with E-state index in [1.165, 1.54) is 26.2 Å². The molecule has 0 aliphatic carbocycles. The fourth-order valence-corrected chi connectivity index (χ4v) is 2.66. The third kappa shape index (κ3) is 3.50. The van der Waals surface area contributed by atoms with Crippen molar-refractivity contribution in [2.75, 3.05) is 12.4 Å². The normalized spacial score (nSPS) is 11.8. The maximum atomic E-state index is 12.7. The Kier molecular flexibility index (Phi) is 4.89. The van der Waals surface area contributed by atoms with Crippen LogP contribution in [-0.2, 0) is 4.79 Å².